The zero-order valence-corrected chi connectivity index (χ0v) is 4.54. The maximum Gasteiger partial charge on any atom is 0.101 e. The van der Waals surface area contributed by atoms with Crippen molar-refractivity contribution in [2.45, 2.75) is 25.6 Å². The molecule has 6 heavy (non-hydrogen) atoms. The van der Waals surface area contributed by atoms with E-state index in [4.69, 9.17) is 0 Å². The smallest absolute Gasteiger partial charge is 0.0811 e. The van der Waals surface area contributed by atoms with Crippen LogP contribution >= 0.6 is 0 Å². The Balaban J connectivity index is 2.34. The van der Waals surface area contributed by atoms with Crippen LogP contribution in [-0.2, 0) is 0 Å². The molecule has 1 radical (unpaired) electrons. The van der Waals surface area contributed by atoms with E-state index in [1.54, 1.807) is 0 Å². The van der Waals surface area contributed by atoms with E-state index < -0.39 is 0 Å². The highest BCUT2D eigenvalue weighted by atomic mass is 13.8. The van der Waals surface area contributed by atoms with E-state index in [1.807, 2.05) is 0 Å². The van der Waals surface area contributed by atoms with Gasteiger partial charge in [-0.05, 0) is 0 Å². The molecule has 0 aromatic carbocycles. The highest BCUT2D eigenvalue weighted by Gasteiger charge is 1.75. The van der Waals surface area contributed by atoms with E-state index in [-0.39, 0.29) is 0 Å². The average Bonchev–Trinajstić information content (AvgIpc) is 1.61. The van der Waals surface area contributed by atoms with Gasteiger partial charge in [0.2, 0.25) is 0 Å². The molecule has 0 aromatic rings. The molecule has 0 heterocycles. The van der Waals surface area contributed by atoms with Crippen molar-refractivity contribution in [1.29, 1.82) is 0 Å². The third-order valence-electron chi connectivity index (χ3n) is 0.854. The van der Waals surface area contributed by atoms with E-state index in [0.29, 0.717) is 0 Å². The van der Waals surface area contributed by atoms with Gasteiger partial charge >= 0.3 is 0 Å². The number of hydrogen-bond donors (Lipinski definition) is 0. The van der Waals surface area contributed by atoms with Gasteiger partial charge in [0.05, 0.1) is 0 Å². The lowest BCUT2D eigenvalue weighted by atomic mass is 10.00. The summed E-state index contributed by atoms with van der Waals surface area (Å²) in [4.78, 5) is 0. The van der Waals surface area contributed by atoms with Crippen molar-refractivity contribution in [2.24, 2.45) is 0 Å². The molecule has 0 unspecified atom stereocenters. The van der Waals surface area contributed by atoms with Gasteiger partial charge < -0.3 is 0 Å². The molecular weight excluding hydrogens is 70.9 g/mol. The second-order valence-corrected chi connectivity index (χ2v) is 1.56. The molecule has 35 valence electrons. The summed E-state index contributed by atoms with van der Waals surface area (Å²) in [6, 6.07) is 0. The Morgan fingerprint density at radius 3 is 2.17 bits per heavy atom. The minimum absolute atomic E-state index is 1.10. The van der Waals surface area contributed by atoms with Crippen molar-refractivity contribution in [3.63, 3.8) is 0 Å². The summed E-state index contributed by atoms with van der Waals surface area (Å²) in [7, 11) is 2.20. The first-order valence-electron chi connectivity index (χ1n) is 2.71. The van der Waals surface area contributed by atoms with Gasteiger partial charge in [-0.3, -0.25) is 0 Å². The summed E-state index contributed by atoms with van der Waals surface area (Å²) in [5.41, 5.74) is 0. The summed E-state index contributed by atoms with van der Waals surface area (Å²) >= 11 is 0. The topological polar surface area (TPSA) is 0 Å². The third kappa shape index (κ3) is 4.06. The Labute approximate surface area is 41.4 Å². The molecule has 0 aliphatic rings. The highest BCUT2D eigenvalue weighted by Crippen LogP contribution is 1.94. The molecule has 0 bridgehead atoms. The normalized spacial score (nSPS) is 8.83. The lowest BCUT2D eigenvalue weighted by molar-refractivity contribution is 0.812. The lowest BCUT2D eigenvalue weighted by Crippen LogP contribution is -1.69. The van der Waals surface area contributed by atoms with Crippen LogP contribution in [0.1, 0.15) is 19.3 Å². The minimum atomic E-state index is 1.10. The van der Waals surface area contributed by atoms with E-state index in [1.165, 1.54) is 19.2 Å². The molecule has 0 spiro atoms. The largest absolute Gasteiger partial charge is 0.101 e. The van der Waals surface area contributed by atoms with Crippen LogP contribution in [0.5, 0.6) is 0 Å². The van der Waals surface area contributed by atoms with Gasteiger partial charge in [0.15, 0.2) is 0 Å². The monoisotopic (exact) mass is 83.1 g/mol. The van der Waals surface area contributed by atoms with Crippen LogP contribution in [0.3, 0.4) is 0 Å². The van der Waals surface area contributed by atoms with Gasteiger partial charge in [-0.2, -0.15) is 0 Å². The molecular formula is C5H12B. The Morgan fingerprint density at radius 2 is 2.00 bits per heavy atom. The van der Waals surface area contributed by atoms with Crippen LogP contribution in [0, 0.1) is 6.92 Å². The molecule has 0 rings (SSSR count). The number of hydrogen-bond acceptors (Lipinski definition) is 0. The van der Waals surface area contributed by atoms with Gasteiger partial charge in [0, 0.05) is 0 Å². The fourth-order valence-electron chi connectivity index (χ4n) is 0.427. The van der Waals surface area contributed by atoms with Gasteiger partial charge in [-0.15, -0.1) is 0 Å². The summed E-state index contributed by atoms with van der Waals surface area (Å²) < 4.78 is 0. The van der Waals surface area contributed by atoms with Crippen LogP contribution in [0.2, 0.25) is 6.32 Å². The standard InChI is InChI=1S/C5H12B/c1-2-3-4-5-6/h1-6H2. The van der Waals surface area contributed by atoms with Crippen molar-refractivity contribution < 1.29 is 0 Å². The predicted octanol–water partition coefficient (Wildman–Crippen LogP) is 1.04. The van der Waals surface area contributed by atoms with Gasteiger partial charge in [-0.1, -0.05) is 32.5 Å². The predicted molar refractivity (Wildman–Crippen MR) is 32.6 cm³/mol. The lowest BCUT2D eigenvalue weighted by Gasteiger charge is -1.85. The Hall–Kier alpha value is 0.0649. The van der Waals surface area contributed by atoms with E-state index >= 15 is 0 Å². The maximum atomic E-state index is 3.72. The minimum Gasteiger partial charge on any atom is -0.0811 e. The van der Waals surface area contributed by atoms with Crippen molar-refractivity contribution >= 4 is 7.85 Å². The van der Waals surface area contributed by atoms with E-state index in [9.17, 15) is 0 Å². The summed E-state index contributed by atoms with van der Waals surface area (Å²) in [6.45, 7) is 3.72. The summed E-state index contributed by atoms with van der Waals surface area (Å²) in [5, 5.41) is 0. The van der Waals surface area contributed by atoms with E-state index in [0.717, 1.165) is 6.42 Å². The Bertz CT molecular complexity index is 15.9. The van der Waals surface area contributed by atoms with Crippen LogP contribution in [0.25, 0.3) is 0 Å². The zero-order chi connectivity index (χ0) is 4.83. The van der Waals surface area contributed by atoms with Crippen molar-refractivity contribution in [3.8, 4) is 0 Å². The molecule has 0 atom stereocenters. The highest BCUT2D eigenvalue weighted by molar-refractivity contribution is 6.08. The second-order valence-electron chi connectivity index (χ2n) is 1.56. The second kappa shape index (κ2) is 5.06. The van der Waals surface area contributed by atoms with Gasteiger partial charge in [-0.25, -0.2) is 0 Å². The molecule has 0 fully saturated rings. The van der Waals surface area contributed by atoms with Crippen molar-refractivity contribution in [2.75, 3.05) is 0 Å². The maximum absolute atomic E-state index is 3.72. The average molecular weight is 83.0 g/mol. The molecule has 0 aliphatic carbocycles. The fourth-order valence-corrected chi connectivity index (χ4v) is 0.427. The van der Waals surface area contributed by atoms with Crippen LogP contribution in [0.15, 0.2) is 0 Å². The van der Waals surface area contributed by atoms with Gasteiger partial charge in [0.1, 0.15) is 7.85 Å². The zero-order valence-electron chi connectivity index (χ0n) is 4.54. The third-order valence-corrected chi connectivity index (χ3v) is 0.854. The summed E-state index contributed by atoms with van der Waals surface area (Å²) in [5.74, 6) is 0. The summed E-state index contributed by atoms with van der Waals surface area (Å²) in [6.07, 6.45) is 5.07. The first-order chi connectivity index (χ1) is 2.91. The first kappa shape index (κ1) is 6.06. The molecule has 1 heteroatoms. The van der Waals surface area contributed by atoms with Gasteiger partial charge in [0.25, 0.3) is 0 Å². The molecule has 0 amide bonds. The van der Waals surface area contributed by atoms with Crippen LogP contribution in [-0.4, -0.2) is 7.85 Å². The molecule has 0 nitrogen and oxygen atoms in total. The SMILES string of the molecule is BCCCC[CH2]. The Morgan fingerprint density at radius 1 is 1.33 bits per heavy atom. The van der Waals surface area contributed by atoms with Crippen LogP contribution < -0.4 is 0 Å². The quantitative estimate of drug-likeness (QED) is 0.353. The van der Waals surface area contributed by atoms with E-state index in [2.05, 4.69) is 14.8 Å². The number of rotatable bonds is 3. The van der Waals surface area contributed by atoms with Crippen LogP contribution in [0.4, 0.5) is 0 Å². The fraction of sp³-hybridized carbons (Fsp3) is 0.800. The van der Waals surface area contributed by atoms with Crippen molar-refractivity contribution in [1.82, 2.24) is 0 Å². The molecule has 0 aliphatic heterocycles. The molecule has 0 N–H and O–H groups in total. The number of unbranched alkanes of at least 4 members (excludes halogenated alkanes) is 2. The van der Waals surface area contributed by atoms with Crippen molar-refractivity contribution in [3.05, 3.63) is 6.92 Å². The molecule has 0 saturated carbocycles. The molecule has 0 saturated heterocycles. The molecule has 0 aromatic heterocycles. The first-order valence-corrected chi connectivity index (χ1v) is 2.71. The Kier molecular flexibility index (Phi) is 5.12.